The van der Waals surface area contributed by atoms with E-state index >= 15 is 0 Å². The van der Waals surface area contributed by atoms with E-state index in [9.17, 15) is 0 Å². The van der Waals surface area contributed by atoms with Crippen molar-refractivity contribution in [3.63, 3.8) is 0 Å². The maximum absolute atomic E-state index is 8.98. The molecule has 1 rings (SSSR count). The van der Waals surface area contributed by atoms with Gasteiger partial charge in [0.1, 0.15) is 4.32 Å². The second-order valence-corrected chi connectivity index (χ2v) is 6.06. The zero-order chi connectivity index (χ0) is 8.54. The number of nitrogens with zero attached hydrogens (tertiary/aromatic N) is 1. The monoisotopic (exact) mass is 233 g/mol. The molecule has 0 aromatic rings. The van der Waals surface area contributed by atoms with Crippen molar-refractivity contribution in [2.24, 2.45) is 5.41 Å². The third-order valence-corrected chi connectivity index (χ3v) is 5.45. The van der Waals surface area contributed by atoms with Gasteiger partial charge in [-0.25, -0.2) is 0 Å². The highest BCUT2D eigenvalue weighted by atomic mass is 79.9. The molecule has 0 aromatic carbocycles. The average Bonchev–Trinajstić information content (AvgIpc) is 1.95. The van der Waals surface area contributed by atoms with Gasteiger partial charge in [-0.05, 0) is 17.6 Å². The van der Waals surface area contributed by atoms with Gasteiger partial charge in [0, 0.05) is 5.75 Å². The van der Waals surface area contributed by atoms with Crippen molar-refractivity contribution in [1.82, 2.24) is 0 Å². The van der Waals surface area contributed by atoms with Crippen LogP contribution in [-0.4, -0.2) is 15.8 Å². The Morgan fingerprint density at radius 1 is 1.55 bits per heavy atom. The maximum atomic E-state index is 8.98. The molecule has 0 amide bonds. The molecule has 0 saturated carbocycles. The molecule has 1 fully saturated rings. The summed E-state index contributed by atoms with van der Waals surface area (Å²) >= 11 is 5.39. The number of halogens is 1. The molecule has 1 heterocycles. The minimum atomic E-state index is -0.303. The SMILES string of the molecule is CC1(C)CCSCC1(Br)C#N. The largest absolute Gasteiger partial charge is 0.197 e. The molecule has 1 unspecified atom stereocenters. The molecule has 1 aliphatic rings. The molecule has 0 radical (unpaired) electrons. The molecule has 11 heavy (non-hydrogen) atoms. The van der Waals surface area contributed by atoms with E-state index in [0.717, 1.165) is 12.2 Å². The van der Waals surface area contributed by atoms with E-state index in [1.54, 1.807) is 0 Å². The van der Waals surface area contributed by atoms with E-state index in [-0.39, 0.29) is 9.74 Å². The molecule has 1 nitrogen and oxygen atoms in total. The molecular formula is C8H12BrNS. The Morgan fingerprint density at radius 3 is 2.55 bits per heavy atom. The fraction of sp³-hybridized carbons (Fsp3) is 0.875. The van der Waals surface area contributed by atoms with Crippen LogP contribution in [0.1, 0.15) is 20.3 Å². The number of hydrogen-bond donors (Lipinski definition) is 0. The molecule has 0 N–H and O–H groups in total. The Balaban J connectivity index is 2.85. The van der Waals surface area contributed by atoms with Gasteiger partial charge in [0.05, 0.1) is 6.07 Å². The van der Waals surface area contributed by atoms with Crippen LogP contribution in [0.5, 0.6) is 0 Å². The van der Waals surface area contributed by atoms with Crippen molar-refractivity contribution in [1.29, 1.82) is 5.26 Å². The Hall–Kier alpha value is 0.320. The summed E-state index contributed by atoms with van der Waals surface area (Å²) in [4.78, 5) is 0. The first-order valence-corrected chi connectivity index (χ1v) is 5.64. The Bertz CT molecular complexity index is 197. The molecule has 3 heteroatoms. The van der Waals surface area contributed by atoms with Crippen molar-refractivity contribution in [2.45, 2.75) is 24.6 Å². The molecular weight excluding hydrogens is 222 g/mol. The molecule has 1 aliphatic heterocycles. The Labute approximate surface area is 80.7 Å². The summed E-state index contributed by atoms with van der Waals surface area (Å²) in [6.45, 7) is 4.31. The van der Waals surface area contributed by atoms with Gasteiger partial charge in [-0.15, -0.1) is 0 Å². The third-order valence-electron chi connectivity index (χ3n) is 2.42. The lowest BCUT2D eigenvalue weighted by Gasteiger charge is -2.40. The first kappa shape index (κ1) is 9.41. The molecule has 0 spiro atoms. The van der Waals surface area contributed by atoms with E-state index in [4.69, 9.17) is 5.26 Å². The fourth-order valence-corrected chi connectivity index (χ4v) is 3.34. The van der Waals surface area contributed by atoms with Crippen LogP contribution in [0.25, 0.3) is 0 Å². The fourth-order valence-electron chi connectivity index (χ4n) is 1.12. The minimum absolute atomic E-state index is 0.118. The zero-order valence-electron chi connectivity index (χ0n) is 6.85. The first-order chi connectivity index (χ1) is 5.02. The van der Waals surface area contributed by atoms with Gasteiger partial charge in [-0.3, -0.25) is 0 Å². The van der Waals surface area contributed by atoms with Gasteiger partial charge in [-0.2, -0.15) is 17.0 Å². The molecule has 1 saturated heterocycles. The molecule has 0 bridgehead atoms. The number of nitriles is 1. The van der Waals surface area contributed by atoms with Crippen molar-refractivity contribution >= 4 is 27.7 Å². The molecule has 0 aliphatic carbocycles. The van der Waals surface area contributed by atoms with E-state index in [0.29, 0.717) is 0 Å². The highest BCUT2D eigenvalue weighted by Crippen LogP contribution is 2.47. The number of hydrogen-bond acceptors (Lipinski definition) is 2. The van der Waals surface area contributed by atoms with Crippen molar-refractivity contribution in [3.8, 4) is 6.07 Å². The number of alkyl halides is 1. The summed E-state index contributed by atoms with van der Waals surface area (Å²) in [5, 5.41) is 8.98. The molecule has 0 aromatic heterocycles. The summed E-state index contributed by atoms with van der Waals surface area (Å²) in [6.07, 6.45) is 1.12. The predicted molar refractivity (Wildman–Crippen MR) is 53.0 cm³/mol. The first-order valence-electron chi connectivity index (χ1n) is 3.70. The normalized spacial score (nSPS) is 36.2. The summed E-state index contributed by atoms with van der Waals surface area (Å²) in [5.74, 6) is 2.10. The minimum Gasteiger partial charge on any atom is -0.197 e. The van der Waals surface area contributed by atoms with Crippen molar-refractivity contribution < 1.29 is 0 Å². The lowest BCUT2D eigenvalue weighted by atomic mass is 9.78. The highest BCUT2D eigenvalue weighted by molar-refractivity contribution is 9.10. The predicted octanol–water partition coefficient (Wildman–Crippen LogP) is 2.81. The third kappa shape index (κ3) is 1.57. The number of rotatable bonds is 0. The van der Waals surface area contributed by atoms with Crippen molar-refractivity contribution in [3.05, 3.63) is 0 Å². The molecule has 1 atom stereocenters. The molecule has 62 valence electrons. The maximum Gasteiger partial charge on any atom is 0.126 e. The lowest BCUT2D eigenvalue weighted by Crippen LogP contribution is -2.43. The van der Waals surface area contributed by atoms with Crippen LogP contribution in [0.15, 0.2) is 0 Å². The van der Waals surface area contributed by atoms with Crippen LogP contribution < -0.4 is 0 Å². The van der Waals surface area contributed by atoms with Crippen LogP contribution in [-0.2, 0) is 0 Å². The summed E-state index contributed by atoms with van der Waals surface area (Å²) in [7, 11) is 0. The second kappa shape index (κ2) is 2.99. The lowest BCUT2D eigenvalue weighted by molar-refractivity contribution is 0.306. The summed E-state index contributed by atoms with van der Waals surface area (Å²) in [6, 6.07) is 2.37. The topological polar surface area (TPSA) is 23.8 Å². The van der Waals surface area contributed by atoms with Gasteiger partial charge < -0.3 is 0 Å². The van der Waals surface area contributed by atoms with E-state index in [1.807, 2.05) is 11.8 Å². The highest BCUT2D eigenvalue weighted by Gasteiger charge is 2.45. The zero-order valence-corrected chi connectivity index (χ0v) is 9.26. The standard InChI is InChI=1S/C8H12BrNS/c1-7(2)3-4-11-6-8(7,9)5-10/h3-4,6H2,1-2H3. The van der Waals surface area contributed by atoms with E-state index in [1.165, 1.54) is 5.75 Å². The van der Waals surface area contributed by atoms with Gasteiger partial charge in [-0.1, -0.05) is 29.8 Å². The van der Waals surface area contributed by atoms with Gasteiger partial charge in [0.25, 0.3) is 0 Å². The van der Waals surface area contributed by atoms with Crippen LogP contribution >= 0.6 is 27.7 Å². The Kier molecular flexibility index (Phi) is 2.56. The summed E-state index contributed by atoms with van der Waals surface area (Å²) in [5.41, 5.74) is 0.118. The Morgan fingerprint density at radius 2 is 2.18 bits per heavy atom. The van der Waals surface area contributed by atoms with Crippen LogP contribution in [0, 0.1) is 16.7 Å². The van der Waals surface area contributed by atoms with Crippen LogP contribution in [0.3, 0.4) is 0 Å². The van der Waals surface area contributed by atoms with Gasteiger partial charge >= 0.3 is 0 Å². The second-order valence-electron chi connectivity index (χ2n) is 3.60. The van der Waals surface area contributed by atoms with E-state index < -0.39 is 0 Å². The quantitative estimate of drug-likeness (QED) is 0.602. The van der Waals surface area contributed by atoms with Crippen LogP contribution in [0.2, 0.25) is 0 Å². The number of thioether (sulfide) groups is 1. The van der Waals surface area contributed by atoms with Crippen molar-refractivity contribution in [2.75, 3.05) is 11.5 Å². The average molecular weight is 234 g/mol. The van der Waals surface area contributed by atoms with Gasteiger partial charge in [0.2, 0.25) is 0 Å². The van der Waals surface area contributed by atoms with E-state index in [2.05, 4.69) is 35.8 Å². The smallest absolute Gasteiger partial charge is 0.126 e. The van der Waals surface area contributed by atoms with Gasteiger partial charge in [0.15, 0.2) is 0 Å². The summed E-state index contributed by atoms with van der Waals surface area (Å²) < 4.78 is -0.303. The van der Waals surface area contributed by atoms with Crippen LogP contribution in [0.4, 0.5) is 0 Å².